The summed E-state index contributed by atoms with van der Waals surface area (Å²) in [5.74, 6) is 0.452. The quantitative estimate of drug-likeness (QED) is 0.794. The minimum absolute atomic E-state index is 0.0930. The standard InChI is InChI=1S/C12H19N5O/c1-10(11(13)18)9-16-5-7-17(8-6-16)12-14-3-2-4-15-12/h2-4,10H,5-9H2,1H3,(H2,13,18). The number of carbonyl (C=O) groups is 1. The number of aromatic nitrogens is 2. The molecule has 1 unspecified atom stereocenters. The highest BCUT2D eigenvalue weighted by atomic mass is 16.1. The van der Waals surface area contributed by atoms with E-state index in [0.717, 1.165) is 38.7 Å². The van der Waals surface area contributed by atoms with Gasteiger partial charge in [0.1, 0.15) is 0 Å². The zero-order valence-electron chi connectivity index (χ0n) is 10.6. The van der Waals surface area contributed by atoms with E-state index >= 15 is 0 Å². The SMILES string of the molecule is CC(CN1CCN(c2ncccn2)CC1)C(N)=O. The second kappa shape index (κ2) is 5.77. The minimum Gasteiger partial charge on any atom is -0.369 e. The van der Waals surface area contributed by atoms with Gasteiger partial charge in [0.15, 0.2) is 0 Å². The van der Waals surface area contributed by atoms with Gasteiger partial charge in [-0.15, -0.1) is 0 Å². The Morgan fingerprint density at radius 2 is 1.94 bits per heavy atom. The van der Waals surface area contributed by atoms with Gasteiger partial charge in [-0.25, -0.2) is 9.97 Å². The van der Waals surface area contributed by atoms with Gasteiger partial charge in [0.2, 0.25) is 11.9 Å². The highest BCUT2D eigenvalue weighted by molar-refractivity contribution is 5.76. The number of anilines is 1. The number of hydrogen-bond donors (Lipinski definition) is 1. The Hall–Kier alpha value is -1.69. The molecule has 0 aliphatic carbocycles. The van der Waals surface area contributed by atoms with Crippen LogP contribution >= 0.6 is 0 Å². The van der Waals surface area contributed by atoms with Gasteiger partial charge in [0, 0.05) is 51.0 Å². The van der Waals surface area contributed by atoms with Gasteiger partial charge in [-0.3, -0.25) is 9.69 Å². The summed E-state index contributed by atoms with van der Waals surface area (Å²) in [4.78, 5) is 23.9. The summed E-state index contributed by atoms with van der Waals surface area (Å²) >= 11 is 0. The molecule has 6 nitrogen and oxygen atoms in total. The predicted octanol–water partition coefficient (Wildman–Crippen LogP) is -0.280. The first-order valence-electron chi connectivity index (χ1n) is 6.20. The number of carbonyl (C=O) groups excluding carboxylic acids is 1. The molecule has 2 N–H and O–H groups in total. The molecule has 0 spiro atoms. The van der Waals surface area contributed by atoms with Crippen LogP contribution in [0.25, 0.3) is 0 Å². The molecule has 1 aromatic rings. The number of nitrogens with two attached hydrogens (primary N) is 1. The van der Waals surface area contributed by atoms with E-state index in [1.165, 1.54) is 0 Å². The Morgan fingerprint density at radius 3 is 2.50 bits per heavy atom. The van der Waals surface area contributed by atoms with E-state index in [-0.39, 0.29) is 11.8 Å². The zero-order chi connectivity index (χ0) is 13.0. The molecule has 1 amide bonds. The molecule has 1 saturated heterocycles. The molecule has 98 valence electrons. The van der Waals surface area contributed by atoms with Crippen LogP contribution in [-0.4, -0.2) is 53.5 Å². The summed E-state index contributed by atoms with van der Waals surface area (Å²) in [5, 5.41) is 0. The van der Waals surface area contributed by atoms with E-state index in [4.69, 9.17) is 5.73 Å². The number of hydrogen-bond acceptors (Lipinski definition) is 5. The maximum Gasteiger partial charge on any atom is 0.225 e. The van der Waals surface area contributed by atoms with Crippen LogP contribution in [-0.2, 0) is 4.79 Å². The summed E-state index contributed by atoms with van der Waals surface area (Å²) in [6.45, 7) is 6.20. The van der Waals surface area contributed by atoms with Gasteiger partial charge in [0.05, 0.1) is 0 Å². The van der Waals surface area contributed by atoms with Crippen molar-refractivity contribution in [2.45, 2.75) is 6.92 Å². The fraction of sp³-hybridized carbons (Fsp3) is 0.583. The van der Waals surface area contributed by atoms with Crippen molar-refractivity contribution >= 4 is 11.9 Å². The van der Waals surface area contributed by atoms with E-state index in [1.54, 1.807) is 12.4 Å². The van der Waals surface area contributed by atoms with E-state index < -0.39 is 0 Å². The van der Waals surface area contributed by atoms with Crippen LogP contribution in [0.3, 0.4) is 0 Å². The number of piperazine rings is 1. The van der Waals surface area contributed by atoms with Gasteiger partial charge in [-0.1, -0.05) is 6.92 Å². The summed E-state index contributed by atoms with van der Waals surface area (Å²) in [6.07, 6.45) is 3.51. The Kier molecular flexibility index (Phi) is 4.09. The molecule has 0 saturated carbocycles. The molecule has 0 bridgehead atoms. The van der Waals surface area contributed by atoms with Crippen LogP contribution < -0.4 is 10.6 Å². The maximum atomic E-state index is 11.0. The largest absolute Gasteiger partial charge is 0.369 e. The summed E-state index contributed by atoms with van der Waals surface area (Å²) in [6, 6.07) is 1.81. The Labute approximate surface area is 107 Å². The average molecular weight is 249 g/mol. The average Bonchev–Trinajstić information content (AvgIpc) is 2.40. The van der Waals surface area contributed by atoms with Crippen molar-refractivity contribution in [1.82, 2.24) is 14.9 Å². The highest BCUT2D eigenvalue weighted by Gasteiger charge is 2.21. The molecule has 6 heteroatoms. The Balaban J connectivity index is 1.83. The maximum absolute atomic E-state index is 11.0. The molecule has 1 aromatic heterocycles. The van der Waals surface area contributed by atoms with Crippen molar-refractivity contribution in [3.8, 4) is 0 Å². The molecule has 1 atom stereocenters. The van der Waals surface area contributed by atoms with Crippen LogP contribution in [0.4, 0.5) is 5.95 Å². The Bertz CT molecular complexity index is 389. The Morgan fingerprint density at radius 1 is 1.33 bits per heavy atom. The fourth-order valence-electron chi connectivity index (χ4n) is 2.06. The van der Waals surface area contributed by atoms with Crippen LogP contribution in [0.5, 0.6) is 0 Å². The lowest BCUT2D eigenvalue weighted by molar-refractivity contribution is -0.121. The first-order chi connectivity index (χ1) is 8.66. The zero-order valence-corrected chi connectivity index (χ0v) is 10.6. The van der Waals surface area contributed by atoms with Crippen LogP contribution in [0.2, 0.25) is 0 Å². The highest BCUT2D eigenvalue weighted by Crippen LogP contribution is 2.10. The molecule has 0 radical (unpaired) electrons. The van der Waals surface area contributed by atoms with Crippen molar-refractivity contribution in [3.63, 3.8) is 0 Å². The molecule has 0 aromatic carbocycles. The van der Waals surface area contributed by atoms with Gasteiger partial charge >= 0.3 is 0 Å². The second-order valence-electron chi connectivity index (χ2n) is 4.64. The van der Waals surface area contributed by atoms with E-state index in [2.05, 4.69) is 19.8 Å². The summed E-state index contributed by atoms with van der Waals surface area (Å²) < 4.78 is 0. The number of primary amides is 1. The molecule has 1 aliphatic rings. The second-order valence-corrected chi connectivity index (χ2v) is 4.64. The monoisotopic (exact) mass is 249 g/mol. The van der Waals surface area contributed by atoms with Crippen molar-refractivity contribution in [2.75, 3.05) is 37.6 Å². The number of amides is 1. The molecular formula is C12H19N5O. The van der Waals surface area contributed by atoms with E-state index in [0.29, 0.717) is 0 Å². The molecule has 2 heterocycles. The van der Waals surface area contributed by atoms with Crippen molar-refractivity contribution < 1.29 is 4.79 Å². The fourth-order valence-corrected chi connectivity index (χ4v) is 2.06. The third-order valence-corrected chi connectivity index (χ3v) is 3.23. The van der Waals surface area contributed by atoms with E-state index in [9.17, 15) is 4.79 Å². The van der Waals surface area contributed by atoms with Gasteiger partial charge in [-0.05, 0) is 6.07 Å². The van der Waals surface area contributed by atoms with Crippen molar-refractivity contribution in [3.05, 3.63) is 18.5 Å². The summed E-state index contributed by atoms with van der Waals surface area (Å²) in [7, 11) is 0. The lowest BCUT2D eigenvalue weighted by atomic mass is 10.1. The number of nitrogens with zero attached hydrogens (tertiary/aromatic N) is 4. The normalized spacial score (nSPS) is 18.6. The minimum atomic E-state index is -0.233. The topological polar surface area (TPSA) is 75.3 Å². The predicted molar refractivity (Wildman–Crippen MR) is 69.0 cm³/mol. The van der Waals surface area contributed by atoms with Gasteiger partial charge < -0.3 is 10.6 Å². The molecule has 1 fully saturated rings. The molecular weight excluding hydrogens is 230 g/mol. The molecule has 2 rings (SSSR count). The van der Waals surface area contributed by atoms with E-state index in [1.807, 2.05) is 13.0 Å². The smallest absolute Gasteiger partial charge is 0.225 e. The lowest BCUT2D eigenvalue weighted by Gasteiger charge is -2.35. The molecule has 18 heavy (non-hydrogen) atoms. The van der Waals surface area contributed by atoms with Crippen LogP contribution in [0.15, 0.2) is 18.5 Å². The molecule has 1 aliphatic heterocycles. The summed E-state index contributed by atoms with van der Waals surface area (Å²) in [5.41, 5.74) is 5.28. The third-order valence-electron chi connectivity index (χ3n) is 3.23. The van der Waals surface area contributed by atoms with Gasteiger partial charge in [-0.2, -0.15) is 0 Å². The van der Waals surface area contributed by atoms with Crippen LogP contribution in [0.1, 0.15) is 6.92 Å². The van der Waals surface area contributed by atoms with Crippen molar-refractivity contribution in [1.29, 1.82) is 0 Å². The van der Waals surface area contributed by atoms with Crippen LogP contribution in [0, 0.1) is 5.92 Å². The first kappa shape index (κ1) is 12.8. The number of rotatable bonds is 4. The lowest BCUT2D eigenvalue weighted by Crippen LogP contribution is -2.49. The first-order valence-corrected chi connectivity index (χ1v) is 6.20. The van der Waals surface area contributed by atoms with Crippen molar-refractivity contribution in [2.24, 2.45) is 11.7 Å². The van der Waals surface area contributed by atoms with Gasteiger partial charge in [0.25, 0.3) is 0 Å². The third kappa shape index (κ3) is 3.16.